The van der Waals surface area contributed by atoms with E-state index in [1.54, 1.807) is 6.20 Å². The van der Waals surface area contributed by atoms with Gasteiger partial charge in [-0.25, -0.2) is 9.97 Å². The van der Waals surface area contributed by atoms with E-state index in [9.17, 15) is 9.18 Å². The number of hydrogen-bond donors (Lipinski definition) is 4. The number of anilines is 4. The number of carbonyl (C=O) groups excluding carboxylic acids is 1. The highest BCUT2D eigenvalue weighted by Gasteiger charge is 2.24. The number of amides is 1. The van der Waals surface area contributed by atoms with Crippen molar-refractivity contribution in [3.8, 4) is 11.1 Å². The molecule has 7 nitrogen and oxygen atoms in total. The van der Waals surface area contributed by atoms with Gasteiger partial charge in [-0.2, -0.15) is 0 Å². The molecule has 37 heavy (non-hydrogen) atoms. The van der Waals surface area contributed by atoms with Gasteiger partial charge in [-0.1, -0.05) is 36.9 Å². The Labute approximate surface area is 215 Å². The Morgan fingerprint density at radius 3 is 2.70 bits per heavy atom. The van der Waals surface area contributed by atoms with Crippen LogP contribution in [0.25, 0.3) is 22.0 Å². The molecule has 1 fully saturated rings. The van der Waals surface area contributed by atoms with Gasteiger partial charge in [0.1, 0.15) is 0 Å². The maximum Gasteiger partial charge on any atom is 0.247 e. The lowest BCUT2D eigenvalue weighted by atomic mass is 9.94. The van der Waals surface area contributed by atoms with Gasteiger partial charge in [0.15, 0.2) is 0 Å². The second-order valence-corrected chi connectivity index (χ2v) is 9.07. The molecule has 1 aliphatic heterocycles. The van der Waals surface area contributed by atoms with Gasteiger partial charge in [0.2, 0.25) is 11.9 Å². The highest BCUT2D eigenvalue weighted by atomic mass is 19.1. The summed E-state index contributed by atoms with van der Waals surface area (Å²) in [4.78, 5) is 21.0. The topological polar surface area (TPSA) is 91.0 Å². The Morgan fingerprint density at radius 1 is 1.08 bits per heavy atom. The molecule has 5 rings (SSSR count). The van der Waals surface area contributed by atoms with Gasteiger partial charge in [0.25, 0.3) is 0 Å². The monoisotopic (exact) mass is 496 g/mol. The molecular weight excluding hydrogens is 467 g/mol. The van der Waals surface area contributed by atoms with E-state index in [0.29, 0.717) is 18.2 Å². The Kier molecular flexibility index (Phi) is 7.37. The number of nitrogens with one attached hydrogen (secondary N) is 4. The van der Waals surface area contributed by atoms with E-state index in [1.807, 2.05) is 66.7 Å². The minimum absolute atomic E-state index is 0.0225. The fourth-order valence-electron chi connectivity index (χ4n) is 4.57. The molecule has 8 heteroatoms. The molecule has 4 N–H and O–H groups in total. The maximum atomic E-state index is 13.3. The second kappa shape index (κ2) is 11.2. The van der Waals surface area contributed by atoms with Crippen molar-refractivity contribution in [2.24, 2.45) is 5.92 Å². The molecule has 1 saturated heterocycles. The molecule has 0 radical (unpaired) electrons. The lowest BCUT2D eigenvalue weighted by Crippen LogP contribution is -2.44. The summed E-state index contributed by atoms with van der Waals surface area (Å²) >= 11 is 0. The second-order valence-electron chi connectivity index (χ2n) is 9.07. The highest BCUT2D eigenvalue weighted by Crippen LogP contribution is 2.30. The van der Waals surface area contributed by atoms with Crippen LogP contribution in [0.5, 0.6) is 0 Å². The summed E-state index contributed by atoms with van der Waals surface area (Å²) in [6.45, 7) is 4.76. The molecule has 188 valence electrons. The van der Waals surface area contributed by atoms with Gasteiger partial charge >= 0.3 is 0 Å². The summed E-state index contributed by atoms with van der Waals surface area (Å²) in [6, 6.07) is 21.5. The molecule has 0 bridgehead atoms. The van der Waals surface area contributed by atoms with E-state index < -0.39 is 0 Å². The van der Waals surface area contributed by atoms with E-state index >= 15 is 0 Å². The first-order chi connectivity index (χ1) is 18.1. The molecule has 1 aromatic heterocycles. The number of carbonyl (C=O) groups is 1. The number of hydrogen-bond acceptors (Lipinski definition) is 6. The molecule has 4 aromatic rings. The van der Waals surface area contributed by atoms with Gasteiger partial charge in [0, 0.05) is 52.7 Å². The zero-order valence-corrected chi connectivity index (χ0v) is 20.4. The molecule has 0 saturated carbocycles. The third kappa shape index (κ3) is 5.76. The van der Waals surface area contributed by atoms with Crippen LogP contribution < -0.4 is 21.3 Å². The smallest absolute Gasteiger partial charge is 0.247 e. The van der Waals surface area contributed by atoms with E-state index in [0.717, 1.165) is 46.4 Å². The van der Waals surface area contributed by atoms with Crippen LogP contribution in [0, 0.1) is 5.92 Å². The number of alkyl halides is 1. The van der Waals surface area contributed by atoms with Crippen molar-refractivity contribution in [1.82, 2.24) is 15.3 Å². The van der Waals surface area contributed by atoms with Crippen LogP contribution in [0.4, 0.5) is 27.4 Å². The minimum Gasteiger partial charge on any atom is -0.382 e. The first-order valence-corrected chi connectivity index (χ1v) is 12.3. The Bertz CT molecular complexity index is 1410. The van der Waals surface area contributed by atoms with Crippen molar-refractivity contribution in [2.75, 3.05) is 35.7 Å². The van der Waals surface area contributed by atoms with Crippen molar-refractivity contribution < 1.29 is 9.18 Å². The van der Waals surface area contributed by atoms with Crippen molar-refractivity contribution in [2.45, 2.75) is 12.5 Å². The fourth-order valence-corrected chi connectivity index (χ4v) is 4.57. The summed E-state index contributed by atoms with van der Waals surface area (Å²) in [7, 11) is 0. The first-order valence-electron chi connectivity index (χ1n) is 12.3. The first kappa shape index (κ1) is 24.4. The van der Waals surface area contributed by atoms with Gasteiger partial charge in [-0.15, -0.1) is 0 Å². The normalized spacial score (nSPS) is 17.2. The largest absolute Gasteiger partial charge is 0.382 e. The number of piperidine rings is 1. The molecule has 2 atom stereocenters. The van der Waals surface area contributed by atoms with Crippen LogP contribution in [0.15, 0.2) is 85.6 Å². The molecule has 1 aliphatic rings. The standard InChI is InChI=1S/C29H29FN6O/c1-2-27(37)34-24-7-3-5-19(15-24)25-8-4-6-20-18-32-29(36-28(20)25)35-23-11-9-22(10-12-23)33-26-13-14-31-17-21(26)16-30/h2-12,15,18,21,26,31,33H,1,13-14,16-17H2,(H,34,37)(H,32,35,36). The van der Waals surface area contributed by atoms with Crippen molar-refractivity contribution >= 4 is 39.8 Å². The van der Waals surface area contributed by atoms with Crippen LogP contribution in [0.2, 0.25) is 0 Å². The highest BCUT2D eigenvalue weighted by molar-refractivity contribution is 6.00. The van der Waals surface area contributed by atoms with Crippen molar-refractivity contribution in [3.63, 3.8) is 0 Å². The predicted octanol–water partition coefficient (Wildman–Crippen LogP) is 5.52. The van der Waals surface area contributed by atoms with Crippen LogP contribution >= 0.6 is 0 Å². The lowest BCUT2D eigenvalue weighted by molar-refractivity contribution is -0.111. The van der Waals surface area contributed by atoms with E-state index in [-0.39, 0.29) is 24.5 Å². The van der Waals surface area contributed by atoms with Crippen LogP contribution in [-0.2, 0) is 4.79 Å². The molecule has 2 heterocycles. The number of halogens is 1. The number of aromatic nitrogens is 2. The van der Waals surface area contributed by atoms with E-state index in [1.165, 1.54) is 6.08 Å². The average molecular weight is 497 g/mol. The zero-order valence-electron chi connectivity index (χ0n) is 20.4. The molecule has 0 aliphatic carbocycles. The van der Waals surface area contributed by atoms with Gasteiger partial charge in [0.05, 0.1) is 12.2 Å². The van der Waals surface area contributed by atoms with Crippen molar-refractivity contribution in [3.05, 3.63) is 85.6 Å². The molecule has 2 unspecified atom stereocenters. The summed E-state index contributed by atoms with van der Waals surface area (Å²) in [5.41, 5.74) is 5.15. The Morgan fingerprint density at radius 2 is 1.89 bits per heavy atom. The fraction of sp³-hybridized carbons (Fsp3) is 0.207. The van der Waals surface area contributed by atoms with E-state index in [2.05, 4.69) is 32.8 Å². The molecular formula is C29H29FN6O. The SMILES string of the molecule is C=CC(=O)Nc1cccc(-c2cccc3cnc(Nc4ccc(NC5CCNCC5CF)cc4)nc23)c1. The summed E-state index contributed by atoms with van der Waals surface area (Å²) in [5, 5.41) is 13.7. The quantitative estimate of drug-likeness (QED) is 0.240. The van der Waals surface area contributed by atoms with Crippen LogP contribution in [-0.4, -0.2) is 41.7 Å². The van der Waals surface area contributed by atoms with Crippen LogP contribution in [0.3, 0.4) is 0 Å². The number of nitrogens with zero attached hydrogens (tertiary/aromatic N) is 2. The minimum atomic E-state index is -0.334. The molecule has 3 aromatic carbocycles. The summed E-state index contributed by atoms with van der Waals surface area (Å²) < 4.78 is 13.3. The van der Waals surface area contributed by atoms with Gasteiger partial charge in [-0.3, -0.25) is 9.18 Å². The van der Waals surface area contributed by atoms with Gasteiger partial charge < -0.3 is 21.3 Å². The number of para-hydroxylation sites is 1. The zero-order chi connectivity index (χ0) is 25.6. The predicted molar refractivity (Wildman–Crippen MR) is 148 cm³/mol. The maximum absolute atomic E-state index is 13.3. The number of benzene rings is 3. The Balaban J connectivity index is 1.35. The van der Waals surface area contributed by atoms with Crippen molar-refractivity contribution in [1.29, 1.82) is 0 Å². The number of rotatable bonds is 8. The average Bonchev–Trinajstić information content (AvgIpc) is 2.94. The summed E-state index contributed by atoms with van der Waals surface area (Å²) in [5.74, 6) is 0.196. The number of fused-ring (bicyclic) bond motifs is 1. The third-order valence-electron chi connectivity index (χ3n) is 6.54. The Hall–Kier alpha value is -4.30. The van der Waals surface area contributed by atoms with Gasteiger partial charge in [-0.05, 0) is 61.0 Å². The molecule has 1 amide bonds. The lowest BCUT2D eigenvalue weighted by Gasteiger charge is -2.31. The summed E-state index contributed by atoms with van der Waals surface area (Å²) in [6.07, 6.45) is 3.93. The van der Waals surface area contributed by atoms with Crippen LogP contribution in [0.1, 0.15) is 6.42 Å². The molecule has 0 spiro atoms. The van der Waals surface area contributed by atoms with E-state index in [4.69, 9.17) is 4.98 Å². The third-order valence-corrected chi connectivity index (χ3v) is 6.54.